The summed E-state index contributed by atoms with van der Waals surface area (Å²) in [4.78, 5) is 15.7. The summed E-state index contributed by atoms with van der Waals surface area (Å²) in [6.45, 7) is 2.47. The molecule has 5 rings (SSSR count). The molecule has 1 saturated carbocycles. The molecule has 2 aromatic rings. The van der Waals surface area contributed by atoms with Crippen molar-refractivity contribution in [2.75, 3.05) is 26.7 Å². The SMILES string of the molecule is COc1ccc(C2(N3CCC4(CC3)C(=O)NCC4c3ccc(F)cc3)CCCCC2)cc1. The van der Waals surface area contributed by atoms with Crippen LogP contribution in [0.15, 0.2) is 48.5 Å². The Bertz CT molecular complexity index is 943. The van der Waals surface area contributed by atoms with Crippen LogP contribution in [0.1, 0.15) is 62.0 Å². The molecule has 0 bridgehead atoms. The van der Waals surface area contributed by atoms with Crippen LogP contribution >= 0.6 is 0 Å². The summed E-state index contributed by atoms with van der Waals surface area (Å²) in [5.74, 6) is 0.949. The third-order valence-corrected chi connectivity index (χ3v) is 8.43. The average molecular weight is 437 g/mol. The highest BCUT2D eigenvalue weighted by atomic mass is 19.1. The zero-order chi connectivity index (χ0) is 22.2. The van der Waals surface area contributed by atoms with E-state index in [4.69, 9.17) is 4.74 Å². The molecule has 1 unspecified atom stereocenters. The maximum absolute atomic E-state index is 13.5. The van der Waals surface area contributed by atoms with E-state index in [-0.39, 0.29) is 28.6 Å². The zero-order valence-corrected chi connectivity index (χ0v) is 18.9. The van der Waals surface area contributed by atoms with Gasteiger partial charge >= 0.3 is 0 Å². The number of halogens is 1. The molecule has 170 valence electrons. The Morgan fingerprint density at radius 1 is 0.938 bits per heavy atom. The molecule has 1 amide bonds. The molecule has 2 heterocycles. The van der Waals surface area contributed by atoms with E-state index in [1.165, 1.54) is 49.8 Å². The number of carbonyl (C=O) groups is 1. The summed E-state index contributed by atoms with van der Waals surface area (Å²) in [5, 5.41) is 3.13. The first kappa shape index (κ1) is 21.4. The minimum Gasteiger partial charge on any atom is -0.497 e. The second-order valence-corrected chi connectivity index (χ2v) is 9.78. The Hall–Kier alpha value is -2.40. The van der Waals surface area contributed by atoms with Crippen LogP contribution in [0.25, 0.3) is 0 Å². The number of likely N-dealkylation sites (tertiary alicyclic amines) is 1. The highest BCUT2D eigenvalue weighted by Gasteiger charge is 2.54. The predicted octanol–water partition coefficient (Wildman–Crippen LogP) is 4.99. The second kappa shape index (κ2) is 8.51. The summed E-state index contributed by atoms with van der Waals surface area (Å²) in [7, 11) is 1.71. The molecule has 2 aliphatic heterocycles. The lowest BCUT2D eigenvalue weighted by molar-refractivity contribution is -0.132. The van der Waals surface area contributed by atoms with Gasteiger partial charge in [-0.25, -0.2) is 4.39 Å². The third kappa shape index (κ3) is 3.51. The molecule has 0 aromatic heterocycles. The molecule has 2 saturated heterocycles. The van der Waals surface area contributed by atoms with Gasteiger partial charge in [-0.1, -0.05) is 43.5 Å². The van der Waals surface area contributed by atoms with Gasteiger partial charge in [-0.05, 0) is 61.1 Å². The molecule has 1 N–H and O–H groups in total. The van der Waals surface area contributed by atoms with E-state index in [1.54, 1.807) is 7.11 Å². The van der Waals surface area contributed by atoms with Crippen LogP contribution in [-0.2, 0) is 10.3 Å². The third-order valence-electron chi connectivity index (χ3n) is 8.43. The summed E-state index contributed by atoms with van der Waals surface area (Å²) in [5.41, 5.74) is 2.11. The van der Waals surface area contributed by atoms with E-state index in [0.717, 1.165) is 37.2 Å². The molecule has 1 atom stereocenters. The van der Waals surface area contributed by atoms with Crippen molar-refractivity contribution in [1.29, 1.82) is 0 Å². The minimum atomic E-state index is -0.385. The zero-order valence-electron chi connectivity index (χ0n) is 18.9. The first-order valence-electron chi connectivity index (χ1n) is 12.0. The van der Waals surface area contributed by atoms with Crippen molar-refractivity contribution in [3.8, 4) is 5.75 Å². The van der Waals surface area contributed by atoms with Crippen LogP contribution in [0, 0.1) is 11.2 Å². The normalized spacial score (nSPS) is 24.9. The van der Waals surface area contributed by atoms with Crippen molar-refractivity contribution in [2.45, 2.75) is 56.4 Å². The fourth-order valence-corrected chi connectivity index (χ4v) is 6.59. The van der Waals surface area contributed by atoms with Crippen molar-refractivity contribution in [1.82, 2.24) is 10.2 Å². The van der Waals surface area contributed by atoms with Crippen LogP contribution in [0.2, 0.25) is 0 Å². The predicted molar refractivity (Wildman–Crippen MR) is 123 cm³/mol. The van der Waals surface area contributed by atoms with E-state index >= 15 is 0 Å². The smallest absolute Gasteiger partial charge is 0.227 e. The van der Waals surface area contributed by atoms with Crippen molar-refractivity contribution >= 4 is 5.91 Å². The molecular weight excluding hydrogens is 403 g/mol. The van der Waals surface area contributed by atoms with Crippen molar-refractivity contribution in [3.63, 3.8) is 0 Å². The number of hydrogen-bond donors (Lipinski definition) is 1. The van der Waals surface area contributed by atoms with Crippen LogP contribution in [0.4, 0.5) is 4.39 Å². The fourth-order valence-electron chi connectivity index (χ4n) is 6.59. The van der Waals surface area contributed by atoms with Gasteiger partial charge in [0.05, 0.1) is 12.5 Å². The fraction of sp³-hybridized carbons (Fsp3) is 0.519. The lowest BCUT2D eigenvalue weighted by atomic mass is 9.66. The minimum absolute atomic E-state index is 0.0482. The Morgan fingerprint density at radius 2 is 1.59 bits per heavy atom. The number of ether oxygens (including phenoxy) is 1. The van der Waals surface area contributed by atoms with Crippen molar-refractivity contribution in [2.24, 2.45) is 5.41 Å². The largest absolute Gasteiger partial charge is 0.497 e. The number of benzene rings is 2. The standard InChI is InChI=1S/C27H33FN2O2/c1-32-23-11-7-21(8-12-23)27(13-3-2-4-14-27)30-17-15-26(16-18-30)24(19-29-25(26)31)20-5-9-22(28)10-6-20/h5-12,24H,2-4,13-19H2,1H3,(H,29,31). The number of piperidine rings is 1. The van der Waals surface area contributed by atoms with Crippen LogP contribution in [-0.4, -0.2) is 37.6 Å². The number of methoxy groups -OCH3 is 1. The maximum Gasteiger partial charge on any atom is 0.227 e. The van der Waals surface area contributed by atoms with Gasteiger partial charge in [0.25, 0.3) is 0 Å². The number of nitrogens with zero attached hydrogens (tertiary/aromatic N) is 1. The van der Waals surface area contributed by atoms with Gasteiger partial charge < -0.3 is 10.1 Å². The van der Waals surface area contributed by atoms with Crippen LogP contribution < -0.4 is 10.1 Å². The Balaban J connectivity index is 1.41. The van der Waals surface area contributed by atoms with Crippen molar-refractivity contribution in [3.05, 3.63) is 65.5 Å². The van der Waals surface area contributed by atoms with E-state index in [0.29, 0.717) is 6.54 Å². The molecule has 1 spiro atoms. The average Bonchev–Trinajstić information content (AvgIpc) is 3.16. The highest BCUT2D eigenvalue weighted by molar-refractivity contribution is 5.86. The molecule has 2 aromatic carbocycles. The molecule has 1 aliphatic carbocycles. The monoisotopic (exact) mass is 436 g/mol. The lowest BCUT2D eigenvalue weighted by Crippen LogP contribution is -2.54. The topological polar surface area (TPSA) is 41.6 Å². The van der Waals surface area contributed by atoms with Crippen LogP contribution in [0.3, 0.4) is 0 Å². The molecule has 3 aliphatic rings. The number of rotatable bonds is 4. The van der Waals surface area contributed by atoms with E-state index in [1.807, 2.05) is 12.1 Å². The quantitative estimate of drug-likeness (QED) is 0.734. The molecule has 32 heavy (non-hydrogen) atoms. The van der Waals surface area contributed by atoms with Gasteiger partial charge in [0, 0.05) is 31.1 Å². The van der Waals surface area contributed by atoms with Crippen molar-refractivity contribution < 1.29 is 13.9 Å². The van der Waals surface area contributed by atoms with E-state index < -0.39 is 0 Å². The Kier molecular flexibility index (Phi) is 5.70. The number of hydrogen-bond acceptors (Lipinski definition) is 3. The summed E-state index contributed by atoms with van der Waals surface area (Å²) < 4.78 is 18.9. The second-order valence-electron chi connectivity index (χ2n) is 9.78. The van der Waals surface area contributed by atoms with E-state index in [9.17, 15) is 9.18 Å². The summed E-state index contributed by atoms with van der Waals surface area (Å²) in [6.07, 6.45) is 7.81. The number of nitrogens with one attached hydrogen (secondary N) is 1. The Morgan fingerprint density at radius 3 is 2.22 bits per heavy atom. The van der Waals surface area contributed by atoms with E-state index in [2.05, 4.69) is 34.5 Å². The maximum atomic E-state index is 13.5. The molecule has 5 heteroatoms. The van der Waals surface area contributed by atoms with Gasteiger partial charge in [0.1, 0.15) is 11.6 Å². The first-order valence-corrected chi connectivity index (χ1v) is 12.0. The van der Waals surface area contributed by atoms with Gasteiger partial charge in [0.15, 0.2) is 0 Å². The van der Waals surface area contributed by atoms with Crippen LogP contribution in [0.5, 0.6) is 5.75 Å². The summed E-state index contributed by atoms with van der Waals surface area (Å²) in [6, 6.07) is 15.4. The first-order chi connectivity index (χ1) is 15.6. The molecule has 3 fully saturated rings. The Labute approximate surface area is 190 Å². The molecule has 0 radical (unpaired) electrons. The lowest BCUT2D eigenvalue weighted by Gasteiger charge is -2.52. The number of carbonyl (C=O) groups excluding carboxylic acids is 1. The number of amides is 1. The molecule has 4 nitrogen and oxygen atoms in total. The highest BCUT2D eigenvalue weighted by Crippen LogP contribution is 2.51. The molecular formula is C27H33FN2O2. The summed E-state index contributed by atoms with van der Waals surface area (Å²) >= 11 is 0. The van der Waals surface area contributed by atoms with Gasteiger partial charge in [-0.2, -0.15) is 0 Å². The van der Waals surface area contributed by atoms with Gasteiger partial charge in [-0.3, -0.25) is 9.69 Å². The van der Waals surface area contributed by atoms with Gasteiger partial charge in [-0.15, -0.1) is 0 Å². The van der Waals surface area contributed by atoms with Gasteiger partial charge in [0.2, 0.25) is 5.91 Å².